The van der Waals surface area contributed by atoms with Gasteiger partial charge < -0.3 is 11.5 Å². The molecule has 1 amide bonds. The van der Waals surface area contributed by atoms with E-state index in [-0.39, 0.29) is 0 Å². The van der Waals surface area contributed by atoms with Crippen molar-refractivity contribution in [2.45, 2.75) is 32.4 Å². The van der Waals surface area contributed by atoms with Crippen LogP contribution in [0.2, 0.25) is 5.02 Å². The molecule has 0 saturated carbocycles. The maximum atomic E-state index is 11.1. The van der Waals surface area contributed by atoms with Crippen molar-refractivity contribution >= 4 is 17.5 Å². The standard InChI is InChI=1S/C15H22ClN3O/c1-2-10-8-19(6-5-14(10)17)9-12-4-3-11(15(18)20)7-13(12)16/h3-4,7,10,14H,2,5-6,8-9,17H2,1H3,(H2,18,20). The predicted octanol–water partition coefficient (Wildman–Crippen LogP) is 2.00. The Hall–Kier alpha value is -1.10. The zero-order chi connectivity index (χ0) is 14.7. The third-order valence-electron chi connectivity index (χ3n) is 4.13. The van der Waals surface area contributed by atoms with Crippen LogP contribution in [0.25, 0.3) is 0 Å². The highest BCUT2D eigenvalue weighted by molar-refractivity contribution is 6.31. The summed E-state index contributed by atoms with van der Waals surface area (Å²) in [5.41, 5.74) is 12.9. The molecule has 1 aromatic carbocycles. The van der Waals surface area contributed by atoms with Crippen molar-refractivity contribution in [2.75, 3.05) is 13.1 Å². The third kappa shape index (κ3) is 3.51. The third-order valence-corrected chi connectivity index (χ3v) is 4.48. The molecule has 2 unspecified atom stereocenters. The Balaban J connectivity index is 2.05. The molecule has 0 aromatic heterocycles. The van der Waals surface area contributed by atoms with Gasteiger partial charge in [0.15, 0.2) is 0 Å². The number of nitrogens with zero attached hydrogens (tertiary/aromatic N) is 1. The molecule has 5 heteroatoms. The fraction of sp³-hybridized carbons (Fsp3) is 0.533. The molecule has 0 radical (unpaired) electrons. The van der Waals surface area contributed by atoms with Crippen LogP contribution in [-0.2, 0) is 6.54 Å². The summed E-state index contributed by atoms with van der Waals surface area (Å²) in [4.78, 5) is 13.5. The van der Waals surface area contributed by atoms with Crippen molar-refractivity contribution in [3.63, 3.8) is 0 Å². The molecule has 2 rings (SSSR count). The Morgan fingerprint density at radius 3 is 2.85 bits per heavy atom. The minimum Gasteiger partial charge on any atom is -0.366 e. The Morgan fingerprint density at radius 1 is 1.50 bits per heavy atom. The molecule has 110 valence electrons. The van der Waals surface area contributed by atoms with E-state index in [2.05, 4.69) is 11.8 Å². The van der Waals surface area contributed by atoms with E-state index in [0.717, 1.165) is 38.0 Å². The molecule has 4 N–H and O–H groups in total. The minimum absolute atomic E-state index is 0.309. The number of likely N-dealkylation sites (tertiary alicyclic amines) is 1. The number of hydrogen-bond donors (Lipinski definition) is 2. The van der Waals surface area contributed by atoms with Crippen LogP contribution in [0.5, 0.6) is 0 Å². The summed E-state index contributed by atoms with van der Waals surface area (Å²) < 4.78 is 0. The fourth-order valence-electron chi connectivity index (χ4n) is 2.77. The lowest BCUT2D eigenvalue weighted by molar-refractivity contribution is 0.1000. The molecule has 0 aliphatic carbocycles. The zero-order valence-electron chi connectivity index (χ0n) is 11.8. The van der Waals surface area contributed by atoms with Gasteiger partial charge >= 0.3 is 0 Å². The van der Waals surface area contributed by atoms with Crippen LogP contribution < -0.4 is 11.5 Å². The normalized spacial score (nSPS) is 23.8. The first kappa shape index (κ1) is 15.3. The molecular weight excluding hydrogens is 274 g/mol. The molecule has 1 aliphatic heterocycles. The number of primary amides is 1. The Labute approximate surface area is 125 Å². The van der Waals surface area contributed by atoms with Crippen molar-refractivity contribution < 1.29 is 4.79 Å². The number of hydrogen-bond acceptors (Lipinski definition) is 3. The highest BCUT2D eigenvalue weighted by atomic mass is 35.5. The lowest BCUT2D eigenvalue weighted by Crippen LogP contribution is -2.46. The quantitative estimate of drug-likeness (QED) is 0.892. The molecule has 0 spiro atoms. The second-order valence-electron chi connectivity index (χ2n) is 5.53. The summed E-state index contributed by atoms with van der Waals surface area (Å²) in [6.07, 6.45) is 2.13. The summed E-state index contributed by atoms with van der Waals surface area (Å²) in [5, 5.41) is 0.601. The van der Waals surface area contributed by atoms with E-state index in [1.807, 2.05) is 6.07 Å². The van der Waals surface area contributed by atoms with E-state index < -0.39 is 5.91 Å². The largest absolute Gasteiger partial charge is 0.366 e. The van der Waals surface area contributed by atoms with Gasteiger partial charge in [-0.3, -0.25) is 9.69 Å². The summed E-state index contributed by atoms with van der Waals surface area (Å²) in [6, 6.07) is 5.57. The van der Waals surface area contributed by atoms with Crippen LogP contribution in [0.3, 0.4) is 0 Å². The van der Waals surface area contributed by atoms with Gasteiger partial charge in [-0.1, -0.05) is 31.0 Å². The van der Waals surface area contributed by atoms with Crippen LogP contribution >= 0.6 is 11.6 Å². The number of carbonyl (C=O) groups excluding carboxylic acids is 1. The zero-order valence-corrected chi connectivity index (χ0v) is 12.6. The fourth-order valence-corrected chi connectivity index (χ4v) is 3.01. The van der Waals surface area contributed by atoms with Crippen molar-refractivity contribution in [3.05, 3.63) is 34.3 Å². The molecular formula is C15H22ClN3O. The smallest absolute Gasteiger partial charge is 0.248 e. The van der Waals surface area contributed by atoms with Crippen LogP contribution in [0.4, 0.5) is 0 Å². The van der Waals surface area contributed by atoms with Crippen LogP contribution in [0.1, 0.15) is 35.7 Å². The van der Waals surface area contributed by atoms with Crippen LogP contribution in [0.15, 0.2) is 18.2 Å². The number of amides is 1. The molecule has 2 atom stereocenters. The summed E-state index contributed by atoms with van der Waals surface area (Å²) in [6.45, 7) is 4.97. The summed E-state index contributed by atoms with van der Waals surface area (Å²) in [5.74, 6) is 0.0980. The van der Waals surface area contributed by atoms with Gasteiger partial charge in [-0.2, -0.15) is 0 Å². The number of nitrogens with two attached hydrogens (primary N) is 2. The second-order valence-corrected chi connectivity index (χ2v) is 5.93. The highest BCUT2D eigenvalue weighted by Crippen LogP contribution is 2.24. The lowest BCUT2D eigenvalue weighted by Gasteiger charge is -2.36. The van der Waals surface area contributed by atoms with Crippen LogP contribution in [0, 0.1) is 5.92 Å². The van der Waals surface area contributed by atoms with E-state index in [1.165, 1.54) is 0 Å². The first-order chi connectivity index (χ1) is 9.51. The van der Waals surface area contributed by atoms with E-state index in [1.54, 1.807) is 12.1 Å². The Morgan fingerprint density at radius 2 is 2.25 bits per heavy atom. The van der Waals surface area contributed by atoms with Gasteiger partial charge in [-0.05, 0) is 36.6 Å². The molecule has 1 fully saturated rings. The molecule has 1 aromatic rings. The highest BCUT2D eigenvalue weighted by Gasteiger charge is 2.25. The van der Waals surface area contributed by atoms with Gasteiger partial charge in [0.2, 0.25) is 5.91 Å². The maximum Gasteiger partial charge on any atom is 0.248 e. The second kappa shape index (κ2) is 6.57. The average molecular weight is 296 g/mol. The van der Waals surface area contributed by atoms with Gasteiger partial charge in [-0.25, -0.2) is 0 Å². The number of benzene rings is 1. The number of halogens is 1. The van der Waals surface area contributed by atoms with Gasteiger partial charge in [-0.15, -0.1) is 0 Å². The average Bonchev–Trinajstić information content (AvgIpc) is 2.42. The van der Waals surface area contributed by atoms with E-state index in [9.17, 15) is 4.79 Å². The first-order valence-corrected chi connectivity index (χ1v) is 7.45. The van der Waals surface area contributed by atoms with E-state index >= 15 is 0 Å². The molecule has 1 heterocycles. The Kier molecular flexibility index (Phi) is 5.02. The molecule has 20 heavy (non-hydrogen) atoms. The topological polar surface area (TPSA) is 72.3 Å². The number of piperidine rings is 1. The maximum absolute atomic E-state index is 11.1. The van der Waals surface area contributed by atoms with Gasteiger partial charge in [0.05, 0.1) is 0 Å². The van der Waals surface area contributed by atoms with Crippen molar-refractivity contribution in [1.82, 2.24) is 4.90 Å². The first-order valence-electron chi connectivity index (χ1n) is 7.07. The minimum atomic E-state index is -0.451. The van der Waals surface area contributed by atoms with Gasteiger partial charge in [0.1, 0.15) is 0 Å². The number of carbonyl (C=O) groups is 1. The summed E-state index contributed by atoms with van der Waals surface area (Å²) in [7, 11) is 0. The lowest BCUT2D eigenvalue weighted by atomic mass is 9.90. The van der Waals surface area contributed by atoms with Crippen molar-refractivity contribution in [1.29, 1.82) is 0 Å². The van der Waals surface area contributed by atoms with Crippen molar-refractivity contribution in [3.8, 4) is 0 Å². The molecule has 1 aliphatic rings. The Bertz CT molecular complexity index is 492. The molecule has 1 saturated heterocycles. The van der Waals surface area contributed by atoms with Crippen LogP contribution in [-0.4, -0.2) is 29.9 Å². The van der Waals surface area contributed by atoms with Crippen molar-refractivity contribution in [2.24, 2.45) is 17.4 Å². The SMILES string of the molecule is CCC1CN(Cc2ccc(C(N)=O)cc2Cl)CCC1N. The molecule has 0 bridgehead atoms. The predicted molar refractivity (Wildman–Crippen MR) is 81.6 cm³/mol. The monoisotopic (exact) mass is 295 g/mol. The van der Waals surface area contributed by atoms with Gasteiger partial charge in [0, 0.05) is 29.7 Å². The summed E-state index contributed by atoms with van der Waals surface area (Å²) >= 11 is 6.23. The van der Waals surface area contributed by atoms with E-state index in [0.29, 0.717) is 22.5 Å². The molecule has 4 nitrogen and oxygen atoms in total. The number of rotatable bonds is 4. The van der Waals surface area contributed by atoms with E-state index in [4.69, 9.17) is 23.1 Å². The van der Waals surface area contributed by atoms with Gasteiger partial charge in [0.25, 0.3) is 0 Å².